The van der Waals surface area contributed by atoms with E-state index in [0.29, 0.717) is 10.7 Å². The van der Waals surface area contributed by atoms with E-state index in [4.69, 9.17) is 0 Å². The van der Waals surface area contributed by atoms with Crippen LogP contribution >= 0.6 is 15.9 Å². The largest absolute Gasteiger partial charge is 0.261 e. The minimum Gasteiger partial charge on any atom is -0.261 e. The van der Waals surface area contributed by atoms with E-state index in [-0.39, 0.29) is 0 Å². The first-order valence-corrected chi connectivity index (χ1v) is 4.19. The van der Waals surface area contributed by atoms with Crippen LogP contribution in [0.25, 0.3) is 0 Å². The molecule has 0 aliphatic heterocycles. The highest BCUT2D eigenvalue weighted by atomic mass is 79.9. The van der Waals surface area contributed by atoms with Crippen LogP contribution < -0.4 is 0 Å². The summed E-state index contributed by atoms with van der Waals surface area (Å²) in [6.45, 7) is 0. The van der Waals surface area contributed by atoms with Gasteiger partial charge in [-0.1, -0.05) is 15.9 Å². The molecule has 0 spiro atoms. The molecule has 0 aromatic carbocycles. The fourth-order valence-corrected chi connectivity index (χ4v) is 1.65. The summed E-state index contributed by atoms with van der Waals surface area (Å²) in [5.74, 6) is 0.619. The van der Waals surface area contributed by atoms with Crippen LogP contribution in [0.2, 0.25) is 0 Å². The minimum atomic E-state index is 0.619. The first-order chi connectivity index (χ1) is 4.88. The number of hydrogen-bond donors (Lipinski definition) is 0. The van der Waals surface area contributed by atoms with Gasteiger partial charge in [0.25, 0.3) is 0 Å². The SMILES string of the molecule is BrC1CC1c1cnccn1. The summed E-state index contributed by atoms with van der Waals surface area (Å²) in [7, 11) is 0. The first kappa shape index (κ1) is 6.28. The Labute approximate surface area is 67.8 Å². The summed E-state index contributed by atoms with van der Waals surface area (Å²) in [6.07, 6.45) is 6.49. The molecule has 0 amide bonds. The van der Waals surface area contributed by atoms with Gasteiger partial charge >= 0.3 is 0 Å². The summed E-state index contributed by atoms with van der Waals surface area (Å²) in [5, 5.41) is 0. The Balaban J connectivity index is 2.20. The quantitative estimate of drug-likeness (QED) is 0.643. The minimum absolute atomic E-state index is 0.619. The van der Waals surface area contributed by atoms with Gasteiger partial charge in [-0.25, -0.2) is 0 Å². The van der Waals surface area contributed by atoms with Crippen LogP contribution in [0.4, 0.5) is 0 Å². The third-order valence-electron chi connectivity index (χ3n) is 1.68. The highest BCUT2D eigenvalue weighted by Gasteiger charge is 2.37. The zero-order chi connectivity index (χ0) is 6.97. The molecule has 2 nitrogen and oxygen atoms in total. The number of halogens is 1. The van der Waals surface area contributed by atoms with Gasteiger partial charge in [-0.2, -0.15) is 0 Å². The number of alkyl halides is 1. The lowest BCUT2D eigenvalue weighted by molar-refractivity contribution is 0.992. The molecule has 2 rings (SSSR count). The van der Waals surface area contributed by atoms with E-state index in [1.807, 2.05) is 6.20 Å². The number of nitrogens with zero attached hydrogens (tertiary/aromatic N) is 2. The molecule has 52 valence electrons. The van der Waals surface area contributed by atoms with E-state index < -0.39 is 0 Å². The Kier molecular flexibility index (Phi) is 1.45. The molecule has 0 radical (unpaired) electrons. The van der Waals surface area contributed by atoms with Crippen molar-refractivity contribution in [2.75, 3.05) is 0 Å². The van der Waals surface area contributed by atoms with Gasteiger partial charge in [0.1, 0.15) is 0 Å². The molecule has 0 bridgehead atoms. The lowest BCUT2D eigenvalue weighted by atomic mass is 10.3. The van der Waals surface area contributed by atoms with Crippen molar-refractivity contribution in [2.24, 2.45) is 0 Å². The van der Waals surface area contributed by atoms with E-state index in [2.05, 4.69) is 25.9 Å². The van der Waals surface area contributed by atoms with Gasteiger partial charge in [-0.05, 0) is 6.42 Å². The summed E-state index contributed by atoms with van der Waals surface area (Å²) in [6, 6.07) is 0. The molecule has 1 heterocycles. The molecular formula is C7H7BrN2. The van der Waals surface area contributed by atoms with Crippen molar-refractivity contribution in [1.82, 2.24) is 9.97 Å². The van der Waals surface area contributed by atoms with Gasteiger partial charge in [0.15, 0.2) is 0 Å². The summed E-state index contributed by atoms with van der Waals surface area (Å²) in [5.41, 5.74) is 1.12. The van der Waals surface area contributed by atoms with E-state index in [9.17, 15) is 0 Å². The molecule has 1 fully saturated rings. The average molecular weight is 199 g/mol. The topological polar surface area (TPSA) is 25.8 Å². The predicted molar refractivity (Wildman–Crippen MR) is 42.1 cm³/mol. The maximum atomic E-state index is 4.20. The lowest BCUT2D eigenvalue weighted by Gasteiger charge is -1.91. The van der Waals surface area contributed by atoms with E-state index in [1.54, 1.807) is 12.4 Å². The molecule has 2 unspecified atom stereocenters. The molecular weight excluding hydrogens is 192 g/mol. The van der Waals surface area contributed by atoms with Gasteiger partial charge in [-0.3, -0.25) is 9.97 Å². The zero-order valence-corrected chi connectivity index (χ0v) is 6.95. The summed E-state index contributed by atoms with van der Waals surface area (Å²) >= 11 is 3.52. The fraction of sp³-hybridized carbons (Fsp3) is 0.429. The van der Waals surface area contributed by atoms with Gasteiger partial charge < -0.3 is 0 Å². The van der Waals surface area contributed by atoms with Crippen LogP contribution in [0.15, 0.2) is 18.6 Å². The molecule has 10 heavy (non-hydrogen) atoms. The normalized spacial score (nSPS) is 30.1. The second-order valence-corrected chi connectivity index (χ2v) is 3.66. The molecule has 0 N–H and O–H groups in total. The average Bonchev–Trinajstić information content (AvgIpc) is 2.69. The zero-order valence-electron chi connectivity index (χ0n) is 5.37. The van der Waals surface area contributed by atoms with Crippen LogP contribution in [-0.2, 0) is 0 Å². The lowest BCUT2D eigenvalue weighted by Crippen LogP contribution is -1.87. The van der Waals surface area contributed by atoms with Crippen molar-refractivity contribution >= 4 is 15.9 Å². The van der Waals surface area contributed by atoms with Crippen LogP contribution in [0.1, 0.15) is 18.0 Å². The van der Waals surface area contributed by atoms with Gasteiger partial charge in [0.05, 0.1) is 5.69 Å². The Hall–Kier alpha value is -0.440. The smallest absolute Gasteiger partial charge is 0.0629 e. The molecule has 1 aliphatic carbocycles. The van der Waals surface area contributed by atoms with Crippen LogP contribution in [-0.4, -0.2) is 14.8 Å². The maximum Gasteiger partial charge on any atom is 0.0629 e. The van der Waals surface area contributed by atoms with Crippen molar-refractivity contribution in [1.29, 1.82) is 0 Å². The van der Waals surface area contributed by atoms with Crippen LogP contribution in [0, 0.1) is 0 Å². The number of hydrogen-bond acceptors (Lipinski definition) is 2. The molecule has 3 heteroatoms. The van der Waals surface area contributed by atoms with Crippen LogP contribution in [0.5, 0.6) is 0 Å². The maximum absolute atomic E-state index is 4.20. The van der Waals surface area contributed by atoms with Crippen molar-refractivity contribution in [3.63, 3.8) is 0 Å². The molecule has 1 aromatic heterocycles. The highest BCUT2D eigenvalue weighted by Crippen LogP contribution is 2.45. The standard InChI is InChI=1S/C7H7BrN2/c8-6-3-5(6)7-4-9-1-2-10-7/h1-2,4-6H,3H2. The molecule has 1 aliphatic rings. The number of aromatic nitrogens is 2. The third-order valence-corrected chi connectivity index (χ3v) is 2.69. The van der Waals surface area contributed by atoms with E-state index in [0.717, 1.165) is 5.69 Å². The van der Waals surface area contributed by atoms with E-state index >= 15 is 0 Å². The first-order valence-electron chi connectivity index (χ1n) is 3.28. The van der Waals surface area contributed by atoms with Crippen LogP contribution in [0.3, 0.4) is 0 Å². The van der Waals surface area contributed by atoms with Crippen molar-refractivity contribution in [3.05, 3.63) is 24.3 Å². The molecule has 0 saturated heterocycles. The molecule has 2 atom stereocenters. The van der Waals surface area contributed by atoms with E-state index in [1.165, 1.54) is 6.42 Å². The Bertz CT molecular complexity index is 224. The Morgan fingerprint density at radius 1 is 1.50 bits per heavy atom. The second kappa shape index (κ2) is 2.31. The summed E-state index contributed by atoms with van der Waals surface area (Å²) in [4.78, 5) is 8.84. The fourth-order valence-electron chi connectivity index (χ4n) is 0.972. The third kappa shape index (κ3) is 1.06. The number of rotatable bonds is 1. The highest BCUT2D eigenvalue weighted by molar-refractivity contribution is 9.09. The summed E-state index contributed by atoms with van der Waals surface area (Å²) < 4.78 is 0. The Morgan fingerprint density at radius 2 is 2.30 bits per heavy atom. The second-order valence-electron chi connectivity index (χ2n) is 2.49. The molecule has 1 saturated carbocycles. The van der Waals surface area contributed by atoms with Gasteiger partial charge in [0, 0.05) is 29.3 Å². The predicted octanol–water partition coefficient (Wildman–Crippen LogP) is 1.73. The Morgan fingerprint density at radius 3 is 2.80 bits per heavy atom. The molecule has 1 aromatic rings. The van der Waals surface area contributed by atoms with Crippen molar-refractivity contribution in [2.45, 2.75) is 17.2 Å². The van der Waals surface area contributed by atoms with Crippen molar-refractivity contribution < 1.29 is 0 Å². The monoisotopic (exact) mass is 198 g/mol. The van der Waals surface area contributed by atoms with Gasteiger partial charge in [-0.15, -0.1) is 0 Å². The van der Waals surface area contributed by atoms with Crippen molar-refractivity contribution in [3.8, 4) is 0 Å². The van der Waals surface area contributed by atoms with Gasteiger partial charge in [0.2, 0.25) is 0 Å².